The van der Waals surface area contributed by atoms with Gasteiger partial charge >= 0.3 is 6.61 Å². The first-order valence-electron chi connectivity index (χ1n) is 7.83. The van der Waals surface area contributed by atoms with Crippen molar-refractivity contribution in [3.8, 4) is 17.2 Å². The molecule has 1 aliphatic heterocycles. The van der Waals surface area contributed by atoms with E-state index in [4.69, 9.17) is 9.47 Å². The number of halogens is 2. The number of fused-ring (bicyclic) bond motifs is 1. The molecule has 1 aliphatic rings. The maximum absolute atomic E-state index is 12.5. The zero-order chi connectivity index (χ0) is 18.7. The van der Waals surface area contributed by atoms with Crippen LogP contribution in [-0.2, 0) is 0 Å². The van der Waals surface area contributed by atoms with Gasteiger partial charge in [0, 0.05) is 11.6 Å². The SMILES string of the molecule is C=C(C)COc1ccc2c(c1)O/C(=C\c1ccccc1OC(F)F)C2=O. The Bertz CT molecular complexity index is 887. The Balaban J connectivity index is 1.86. The highest BCUT2D eigenvalue weighted by molar-refractivity contribution is 6.14. The molecule has 2 aromatic carbocycles. The number of para-hydroxylation sites is 1. The van der Waals surface area contributed by atoms with Gasteiger partial charge in [-0.15, -0.1) is 0 Å². The number of allylic oxidation sites excluding steroid dienone is 1. The standard InChI is InChI=1S/C20H16F2O4/c1-12(2)11-24-14-7-8-15-17(10-14)25-18(19(15)23)9-13-5-3-4-6-16(13)26-20(21)22/h3-10,20H,1,11H2,2H3/b18-9-. The van der Waals surface area contributed by atoms with Crippen molar-refractivity contribution >= 4 is 11.9 Å². The van der Waals surface area contributed by atoms with E-state index < -0.39 is 6.61 Å². The second-order valence-electron chi connectivity index (χ2n) is 5.76. The Morgan fingerprint density at radius 2 is 2.04 bits per heavy atom. The highest BCUT2D eigenvalue weighted by Gasteiger charge is 2.28. The molecule has 0 saturated carbocycles. The van der Waals surface area contributed by atoms with E-state index in [1.807, 2.05) is 6.92 Å². The first-order chi connectivity index (χ1) is 12.4. The van der Waals surface area contributed by atoms with Crippen LogP contribution in [0.1, 0.15) is 22.8 Å². The zero-order valence-corrected chi connectivity index (χ0v) is 14.0. The maximum Gasteiger partial charge on any atom is 0.387 e. The average Bonchev–Trinajstić information content (AvgIpc) is 2.90. The number of carbonyl (C=O) groups is 1. The first kappa shape index (κ1) is 17.7. The van der Waals surface area contributed by atoms with E-state index in [-0.39, 0.29) is 17.3 Å². The van der Waals surface area contributed by atoms with Crippen molar-refractivity contribution in [2.45, 2.75) is 13.5 Å². The second kappa shape index (κ2) is 7.39. The van der Waals surface area contributed by atoms with Crippen molar-refractivity contribution in [3.05, 3.63) is 71.5 Å². The quantitative estimate of drug-likeness (QED) is 0.546. The number of hydrogen-bond donors (Lipinski definition) is 0. The van der Waals surface area contributed by atoms with Crippen LogP contribution in [0, 0.1) is 0 Å². The number of alkyl halides is 2. The number of rotatable bonds is 6. The summed E-state index contributed by atoms with van der Waals surface area (Å²) in [5, 5.41) is 0. The Hall–Kier alpha value is -3.15. The van der Waals surface area contributed by atoms with E-state index in [1.165, 1.54) is 12.1 Å². The largest absolute Gasteiger partial charge is 0.489 e. The number of hydrogen-bond acceptors (Lipinski definition) is 4. The van der Waals surface area contributed by atoms with Crippen LogP contribution < -0.4 is 14.2 Å². The minimum atomic E-state index is -2.96. The summed E-state index contributed by atoms with van der Waals surface area (Å²) in [6.45, 7) is 2.99. The van der Waals surface area contributed by atoms with Gasteiger partial charge in [0.2, 0.25) is 5.78 Å². The van der Waals surface area contributed by atoms with Crippen LogP contribution in [-0.4, -0.2) is 19.0 Å². The van der Waals surface area contributed by atoms with Gasteiger partial charge in [-0.25, -0.2) is 0 Å². The van der Waals surface area contributed by atoms with Gasteiger partial charge in [0.05, 0.1) is 5.56 Å². The monoisotopic (exact) mass is 358 g/mol. The zero-order valence-electron chi connectivity index (χ0n) is 14.0. The molecule has 1 heterocycles. The molecule has 0 saturated heterocycles. The lowest BCUT2D eigenvalue weighted by atomic mass is 10.1. The summed E-state index contributed by atoms with van der Waals surface area (Å²) in [7, 11) is 0. The highest BCUT2D eigenvalue weighted by atomic mass is 19.3. The molecule has 0 radical (unpaired) electrons. The summed E-state index contributed by atoms with van der Waals surface area (Å²) in [5.74, 6) is 0.559. The van der Waals surface area contributed by atoms with Crippen LogP contribution in [0.5, 0.6) is 17.2 Å². The molecule has 0 unspecified atom stereocenters. The normalized spacial score (nSPS) is 14.3. The topological polar surface area (TPSA) is 44.8 Å². The highest BCUT2D eigenvalue weighted by Crippen LogP contribution is 2.36. The second-order valence-corrected chi connectivity index (χ2v) is 5.76. The van der Waals surface area contributed by atoms with E-state index in [0.717, 1.165) is 5.57 Å². The predicted molar refractivity (Wildman–Crippen MR) is 92.8 cm³/mol. The van der Waals surface area contributed by atoms with Crippen molar-refractivity contribution in [3.63, 3.8) is 0 Å². The molecule has 26 heavy (non-hydrogen) atoms. The fourth-order valence-electron chi connectivity index (χ4n) is 2.41. The number of ether oxygens (including phenoxy) is 3. The van der Waals surface area contributed by atoms with E-state index in [0.29, 0.717) is 29.2 Å². The molecule has 3 rings (SSSR count). The van der Waals surface area contributed by atoms with Gasteiger partial charge in [-0.1, -0.05) is 24.8 Å². The minimum absolute atomic E-state index is 0.0300. The molecule has 0 aliphatic carbocycles. The van der Waals surface area contributed by atoms with Gasteiger partial charge in [0.25, 0.3) is 0 Å². The number of carbonyl (C=O) groups excluding carboxylic acids is 1. The lowest BCUT2D eigenvalue weighted by molar-refractivity contribution is -0.0499. The van der Waals surface area contributed by atoms with Crippen molar-refractivity contribution in [1.82, 2.24) is 0 Å². The number of Topliss-reactive ketones (excluding diaryl/α,β-unsaturated/α-hetero) is 1. The smallest absolute Gasteiger partial charge is 0.387 e. The Morgan fingerprint density at radius 3 is 2.77 bits per heavy atom. The van der Waals surface area contributed by atoms with Crippen LogP contribution in [0.3, 0.4) is 0 Å². The Morgan fingerprint density at radius 1 is 1.27 bits per heavy atom. The van der Waals surface area contributed by atoms with E-state index in [2.05, 4.69) is 11.3 Å². The molecule has 2 aromatic rings. The minimum Gasteiger partial charge on any atom is -0.489 e. The van der Waals surface area contributed by atoms with Gasteiger partial charge in [-0.3, -0.25) is 4.79 Å². The third-order valence-electron chi connectivity index (χ3n) is 3.55. The van der Waals surface area contributed by atoms with E-state index in [1.54, 1.807) is 36.4 Å². The molecule has 0 atom stereocenters. The predicted octanol–water partition coefficient (Wildman–Crippen LogP) is 4.86. The van der Waals surface area contributed by atoms with Crippen LogP contribution in [0.15, 0.2) is 60.4 Å². The summed E-state index contributed by atoms with van der Waals surface area (Å²) in [5.41, 5.74) is 1.56. The fraction of sp³-hybridized carbons (Fsp3) is 0.150. The summed E-state index contributed by atoms with van der Waals surface area (Å²) >= 11 is 0. The van der Waals surface area contributed by atoms with E-state index >= 15 is 0 Å². The van der Waals surface area contributed by atoms with Crippen LogP contribution in [0.2, 0.25) is 0 Å². The number of ketones is 1. The molecule has 0 bridgehead atoms. The molecular weight excluding hydrogens is 342 g/mol. The fourth-order valence-corrected chi connectivity index (χ4v) is 2.41. The van der Waals surface area contributed by atoms with Crippen molar-refractivity contribution in [2.24, 2.45) is 0 Å². The Kier molecular flexibility index (Phi) is 5.02. The third kappa shape index (κ3) is 3.91. The summed E-state index contributed by atoms with van der Waals surface area (Å²) in [6, 6.07) is 11.1. The Labute approximate surface area is 149 Å². The summed E-state index contributed by atoms with van der Waals surface area (Å²) in [4.78, 5) is 12.5. The van der Waals surface area contributed by atoms with E-state index in [9.17, 15) is 13.6 Å². The molecule has 4 nitrogen and oxygen atoms in total. The molecule has 0 amide bonds. The van der Waals surface area contributed by atoms with Gasteiger partial charge in [0.1, 0.15) is 23.9 Å². The lowest BCUT2D eigenvalue weighted by Gasteiger charge is -2.08. The molecule has 0 spiro atoms. The summed E-state index contributed by atoms with van der Waals surface area (Å²) in [6.07, 6.45) is 1.38. The van der Waals surface area contributed by atoms with Gasteiger partial charge in [-0.2, -0.15) is 8.78 Å². The van der Waals surface area contributed by atoms with Crippen molar-refractivity contribution in [2.75, 3.05) is 6.61 Å². The van der Waals surface area contributed by atoms with Crippen molar-refractivity contribution in [1.29, 1.82) is 0 Å². The third-order valence-corrected chi connectivity index (χ3v) is 3.55. The molecule has 0 fully saturated rings. The number of benzene rings is 2. The molecule has 6 heteroatoms. The van der Waals surface area contributed by atoms with Crippen molar-refractivity contribution < 1.29 is 27.8 Å². The molecule has 0 aromatic heterocycles. The maximum atomic E-state index is 12.5. The van der Waals surface area contributed by atoms with Gasteiger partial charge < -0.3 is 14.2 Å². The van der Waals surface area contributed by atoms with Crippen LogP contribution in [0.4, 0.5) is 8.78 Å². The molecule has 134 valence electrons. The van der Waals surface area contributed by atoms with Gasteiger partial charge in [-0.05, 0) is 36.8 Å². The van der Waals surface area contributed by atoms with Gasteiger partial charge in [0.15, 0.2) is 5.76 Å². The first-order valence-corrected chi connectivity index (χ1v) is 7.83. The molecular formula is C20H16F2O4. The van der Waals surface area contributed by atoms with Crippen LogP contribution >= 0.6 is 0 Å². The van der Waals surface area contributed by atoms with Crippen LogP contribution in [0.25, 0.3) is 6.08 Å². The average molecular weight is 358 g/mol. The lowest BCUT2D eigenvalue weighted by Crippen LogP contribution is -2.04. The molecule has 0 N–H and O–H groups in total. The summed E-state index contributed by atoms with van der Waals surface area (Å²) < 4.78 is 40.6.